The number of furan rings is 1. The van der Waals surface area contributed by atoms with Crippen LogP contribution in [-0.4, -0.2) is 18.4 Å². The number of rotatable bonds is 5. The number of esters is 1. The van der Waals surface area contributed by atoms with Crippen molar-refractivity contribution in [2.24, 2.45) is 0 Å². The Labute approximate surface area is 132 Å². The van der Waals surface area contributed by atoms with Crippen molar-refractivity contribution < 1.29 is 18.7 Å². The zero-order valence-electron chi connectivity index (χ0n) is 12.3. The van der Waals surface area contributed by atoms with Crippen molar-refractivity contribution in [1.82, 2.24) is 5.32 Å². The standard InChI is InChI=1S/C18H15NO4/c20-17(7-9-19-18(21)15-8-10-22-12-15)23-16-6-5-13-3-1-2-4-14(13)11-16/h1-6,8,10-12H,7,9H2,(H,19,21). The van der Waals surface area contributed by atoms with E-state index in [-0.39, 0.29) is 18.9 Å². The Hall–Kier alpha value is -3.08. The monoisotopic (exact) mass is 309 g/mol. The van der Waals surface area contributed by atoms with Crippen LogP contribution in [0.2, 0.25) is 0 Å². The molecule has 5 heteroatoms. The lowest BCUT2D eigenvalue weighted by molar-refractivity contribution is -0.134. The molecule has 0 spiro atoms. The lowest BCUT2D eigenvalue weighted by atomic mass is 10.1. The minimum Gasteiger partial charge on any atom is -0.472 e. The Bertz CT molecular complexity index is 824. The Morgan fingerprint density at radius 1 is 1.04 bits per heavy atom. The number of amides is 1. The van der Waals surface area contributed by atoms with Gasteiger partial charge in [0.1, 0.15) is 12.0 Å². The highest BCUT2D eigenvalue weighted by Gasteiger charge is 2.09. The van der Waals surface area contributed by atoms with Crippen molar-refractivity contribution in [3.63, 3.8) is 0 Å². The van der Waals surface area contributed by atoms with Gasteiger partial charge in [-0.25, -0.2) is 0 Å². The van der Waals surface area contributed by atoms with Crippen LogP contribution in [0.4, 0.5) is 0 Å². The van der Waals surface area contributed by atoms with Crippen LogP contribution in [0, 0.1) is 0 Å². The lowest BCUT2D eigenvalue weighted by Crippen LogP contribution is -2.26. The Morgan fingerprint density at radius 3 is 2.65 bits per heavy atom. The number of nitrogens with one attached hydrogen (secondary N) is 1. The first-order chi connectivity index (χ1) is 11.2. The molecule has 0 fully saturated rings. The van der Waals surface area contributed by atoms with Crippen LogP contribution < -0.4 is 10.1 Å². The molecule has 3 rings (SSSR count). The molecule has 0 radical (unpaired) electrons. The first-order valence-electron chi connectivity index (χ1n) is 7.22. The summed E-state index contributed by atoms with van der Waals surface area (Å²) >= 11 is 0. The quantitative estimate of drug-likeness (QED) is 0.580. The van der Waals surface area contributed by atoms with Crippen molar-refractivity contribution in [2.45, 2.75) is 6.42 Å². The maximum absolute atomic E-state index is 11.8. The molecular formula is C18H15NO4. The van der Waals surface area contributed by atoms with E-state index < -0.39 is 5.97 Å². The SMILES string of the molecule is O=C(CCNC(=O)c1ccoc1)Oc1ccc2ccccc2c1. The van der Waals surface area contributed by atoms with Gasteiger partial charge in [0.05, 0.1) is 18.2 Å². The van der Waals surface area contributed by atoms with Crippen molar-refractivity contribution in [2.75, 3.05) is 6.54 Å². The van der Waals surface area contributed by atoms with Gasteiger partial charge in [-0.05, 0) is 29.0 Å². The van der Waals surface area contributed by atoms with E-state index in [2.05, 4.69) is 5.32 Å². The summed E-state index contributed by atoms with van der Waals surface area (Å²) in [7, 11) is 0. The summed E-state index contributed by atoms with van der Waals surface area (Å²) in [5.41, 5.74) is 0.424. The molecular weight excluding hydrogens is 294 g/mol. The van der Waals surface area contributed by atoms with Crippen LogP contribution in [0.3, 0.4) is 0 Å². The molecule has 0 saturated heterocycles. The molecule has 1 N–H and O–H groups in total. The van der Waals surface area contributed by atoms with Crippen molar-refractivity contribution in [1.29, 1.82) is 0 Å². The van der Waals surface area contributed by atoms with Crippen LogP contribution in [0.15, 0.2) is 65.5 Å². The van der Waals surface area contributed by atoms with Gasteiger partial charge in [0.15, 0.2) is 0 Å². The fraction of sp³-hybridized carbons (Fsp3) is 0.111. The highest BCUT2D eigenvalue weighted by molar-refractivity contribution is 5.94. The first kappa shape index (κ1) is 14.8. The van der Waals surface area contributed by atoms with Gasteiger partial charge in [-0.3, -0.25) is 9.59 Å². The van der Waals surface area contributed by atoms with Gasteiger partial charge in [0, 0.05) is 6.54 Å². The molecule has 0 unspecified atom stereocenters. The van der Waals surface area contributed by atoms with E-state index in [0.717, 1.165) is 10.8 Å². The summed E-state index contributed by atoms with van der Waals surface area (Å²) in [4.78, 5) is 23.5. The molecule has 0 bridgehead atoms. The van der Waals surface area contributed by atoms with Crippen molar-refractivity contribution in [3.05, 3.63) is 66.6 Å². The van der Waals surface area contributed by atoms with Crippen LogP contribution in [-0.2, 0) is 4.79 Å². The topological polar surface area (TPSA) is 68.5 Å². The van der Waals surface area contributed by atoms with E-state index in [9.17, 15) is 9.59 Å². The second-order valence-corrected chi connectivity index (χ2v) is 5.00. The third-order valence-electron chi connectivity index (χ3n) is 3.35. The highest BCUT2D eigenvalue weighted by atomic mass is 16.5. The molecule has 1 amide bonds. The van der Waals surface area contributed by atoms with Crippen molar-refractivity contribution in [3.8, 4) is 5.75 Å². The minimum atomic E-state index is -0.396. The molecule has 1 heterocycles. The lowest BCUT2D eigenvalue weighted by Gasteiger charge is -2.06. The number of carbonyl (C=O) groups excluding carboxylic acids is 2. The number of fused-ring (bicyclic) bond motifs is 1. The number of carbonyl (C=O) groups is 2. The summed E-state index contributed by atoms with van der Waals surface area (Å²) < 4.78 is 10.1. The van der Waals surface area contributed by atoms with Crippen LogP contribution in [0.1, 0.15) is 16.8 Å². The van der Waals surface area contributed by atoms with Crippen LogP contribution in [0.25, 0.3) is 10.8 Å². The largest absolute Gasteiger partial charge is 0.472 e. The molecule has 0 aliphatic carbocycles. The summed E-state index contributed by atoms with van der Waals surface area (Å²) in [5.74, 6) is -0.181. The highest BCUT2D eigenvalue weighted by Crippen LogP contribution is 2.20. The molecule has 2 aromatic carbocycles. The van der Waals surface area contributed by atoms with Crippen LogP contribution >= 0.6 is 0 Å². The molecule has 116 valence electrons. The van der Waals surface area contributed by atoms with Gasteiger partial charge in [-0.1, -0.05) is 30.3 Å². The van der Waals surface area contributed by atoms with E-state index >= 15 is 0 Å². The minimum absolute atomic E-state index is 0.0937. The van der Waals surface area contributed by atoms with Gasteiger partial charge >= 0.3 is 5.97 Å². The number of ether oxygens (including phenoxy) is 1. The number of benzene rings is 2. The van der Waals surface area contributed by atoms with E-state index in [1.807, 2.05) is 36.4 Å². The third kappa shape index (κ3) is 3.77. The van der Waals surface area contributed by atoms with Gasteiger partial charge in [0.2, 0.25) is 0 Å². The summed E-state index contributed by atoms with van der Waals surface area (Å²) in [6, 6.07) is 14.9. The van der Waals surface area contributed by atoms with Gasteiger partial charge in [-0.2, -0.15) is 0 Å². The Balaban J connectivity index is 1.51. The predicted octanol–water partition coefficient (Wildman–Crippen LogP) is 3.16. The molecule has 5 nitrogen and oxygen atoms in total. The average Bonchev–Trinajstić information content (AvgIpc) is 3.09. The molecule has 1 aromatic heterocycles. The number of hydrogen-bond acceptors (Lipinski definition) is 4. The van der Waals surface area contributed by atoms with Gasteiger partial charge in [0.25, 0.3) is 5.91 Å². The molecule has 0 atom stereocenters. The fourth-order valence-corrected chi connectivity index (χ4v) is 2.19. The maximum atomic E-state index is 11.8. The van der Waals surface area contributed by atoms with E-state index in [1.54, 1.807) is 12.1 Å². The summed E-state index contributed by atoms with van der Waals surface area (Å²) in [5, 5.41) is 4.72. The van der Waals surface area contributed by atoms with E-state index in [0.29, 0.717) is 11.3 Å². The van der Waals surface area contributed by atoms with E-state index in [4.69, 9.17) is 9.15 Å². The van der Waals surface area contributed by atoms with Gasteiger partial charge < -0.3 is 14.5 Å². The van der Waals surface area contributed by atoms with Gasteiger partial charge in [-0.15, -0.1) is 0 Å². The first-order valence-corrected chi connectivity index (χ1v) is 7.22. The fourth-order valence-electron chi connectivity index (χ4n) is 2.19. The Morgan fingerprint density at radius 2 is 1.87 bits per heavy atom. The second kappa shape index (κ2) is 6.79. The smallest absolute Gasteiger partial charge is 0.312 e. The van der Waals surface area contributed by atoms with Crippen LogP contribution in [0.5, 0.6) is 5.75 Å². The van der Waals surface area contributed by atoms with E-state index in [1.165, 1.54) is 12.5 Å². The molecule has 23 heavy (non-hydrogen) atoms. The molecule has 3 aromatic rings. The predicted molar refractivity (Wildman–Crippen MR) is 85.2 cm³/mol. The maximum Gasteiger partial charge on any atom is 0.312 e. The zero-order valence-corrected chi connectivity index (χ0v) is 12.3. The normalized spacial score (nSPS) is 10.4. The second-order valence-electron chi connectivity index (χ2n) is 5.00. The Kier molecular flexibility index (Phi) is 4.38. The molecule has 0 aliphatic rings. The zero-order chi connectivity index (χ0) is 16.1. The molecule has 0 aliphatic heterocycles. The summed E-state index contributed by atoms with van der Waals surface area (Å²) in [6.45, 7) is 0.205. The molecule has 0 saturated carbocycles. The van der Waals surface area contributed by atoms with Crippen molar-refractivity contribution >= 4 is 22.6 Å². The number of hydrogen-bond donors (Lipinski definition) is 1. The average molecular weight is 309 g/mol. The third-order valence-corrected chi connectivity index (χ3v) is 3.35. The summed E-state index contributed by atoms with van der Waals surface area (Å²) in [6.07, 6.45) is 2.86.